The van der Waals surface area contributed by atoms with Crippen molar-refractivity contribution in [2.75, 3.05) is 37.5 Å². The van der Waals surface area contributed by atoms with Crippen LogP contribution >= 0.6 is 11.6 Å². The molecule has 1 aliphatic heterocycles. The van der Waals surface area contributed by atoms with E-state index >= 15 is 0 Å². The molecule has 11 heteroatoms. The van der Waals surface area contributed by atoms with Crippen LogP contribution in [0.3, 0.4) is 0 Å². The van der Waals surface area contributed by atoms with Gasteiger partial charge in [-0.1, -0.05) is 50.6 Å². The summed E-state index contributed by atoms with van der Waals surface area (Å²) in [6.07, 6.45) is 11.5. The first-order valence-corrected chi connectivity index (χ1v) is 23.2. The second-order valence-corrected chi connectivity index (χ2v) is 23.7. The topological polar surface area (TPSA) is 108 Å². The molecule has 2 N–H and O–H groups in total. The minimum absolute atomic E-state index is 0.0307. The van der Waals surface area contributed by atoms with E-state index in [4.69, 9.17) is 30.6 Å². The maximum absolute atomic E-state index is 12.7. The molecule has 0 radical (unpaired) electrons. The van der Waals surface area contributed by atoms with Gasteiger partial charge in [0.2, 0.25) is 10.0 Å². The van der Waals surface area contributed by atoms with Gasteiger partial charge >= 0.3 is 5.97 Å². The van der Waals surface area contributed by atoms with Crippen molar-refractivity contribution in [3.05, 3.63) is 70.3 Å². The lowest BCUT2D eigenvalue weighted by atomic mass is 9.68. The quantitative estimate of drug-likeness (QED) is 0.150. The molecule has 1 heterocycles. The van der Waals surface area contributed by atoms with Crippen molar-refractivity contribution in [3.63, 3.8) is 0 Å². The Labute approximate surface area is 305 Å². The van der Waals surface area contributed by atoms with Crippen LogP contribution in [0.15, 0.2) is 48.6 Å². The molecule has 6 atom stereocenters. The van der Waals surface area contributed by atoms with Crippen molar-refractivity contribution in [1.82, 2.24) is 0 Å². The first kappa shape index (κ1) is 37.4. The number of nitrogens with two attached hydrogens (primary N) is 1. The molecule has 0 bridgehead atoms. The van der Waals surface area contributed by atoms with Gasteiger partial charge in [0, 0.05) is 23.5 Å². The Kier molecular flexibility index (Phi) is 10.6. The van der Waals surface area contributed by atoms with E-state index in [9.17, 15) is 13.2 Å². The van der Waals surface area contributed by atoms with Crippen LogP contribution in [0.2, 0.25) is 23.2 Å². The van der Waals surface area contributed by atoms with Gasteiger partial charge < -0.3 is 18.8 Å². The fourth-order valence-corrected chi connectivity index (χ4v) is 10.8. The zero-order chi connectivity index (χ0) is 36.1. The second-order valence-electron chi connectivity index (χ2n) is 16.8. The molecule has 4 aliphatic rings. The molecule has 8 nitrogen and oxygen atoms in total. The van der Waals surface area contributed by atoms with Gasteiger partial charge in [0.1, 0.15) is 5.75 Å². The summed E-state index contributed by atoms with van der Waals surface area (Å²) < 4.78 is 42.7. The van der Waals surface area contributed by atoms with E-state index in [1.807, 2.05) is 18.2 Å². The molecule has 2 fully saturated rings. The number of methoxy groups -OCH3 is 1. The molecule has 2 aromatic carbocycles. The summed E-state index contributed by atoms with van der Waals surface area (Å²) in [5.74, 6) is 1.37. The van der Waals surface area contributed by atoms with Crippen LogP contribution in [0.1, 0.15) is 80.8 Å². The van der Waals surface area contributed by atoms with E-state index in [0.717, 1.165) is 74.5 Å². The number of rotatable bonds is 10. The van der Waals surface area contributed by atoms with Crippen LogP contribution in [0.25, 0.3) is 0 Å². The fourth-order valence-electron chi connectivity index (χ4n) is 8.29. The smallest absolute Gasteiger partial charge is 0.337 e. The zero-order valence-corrected chi connectivity index (χ0v) is 33.1. The SMILES string of the molecule is COC(=O)c1ccc2c(c1)N(C[C@@H]1CC[C@H]1[C@H](/C=C\[C@@H]1CC[C@H]1CS(N)(=O)=O)O[Si](C)(C)C(C)(C)C)C[C@@]1(CCCc3cc(Cl)ccc31)CO2. The summed E-state index contributed by atoms with van der Waals surface area (Å²) in [5.41, 5.74) is 3.81. The average Bonchev–Trinajstić information content (AvgIpc) is 3.16. The van der Waals surface area contributed by atoms with Crippen LogP contribution in [0.5, 0.6) is 5.75 Å². The molecule has 3 aliphatic carbocycles. The van der Waals surface area contributed by atoms with Gasteiger partial charge in [-0.25, -0.2) is 18.4 Å². The van der Waals surface area contributed by atoms with Gasteiger partial charge in [0.25, 0.3) is 0 Å². The molecule has 0 unspecified atom stereocenters. The van der Waals surface area contributed by atoms with Crippen LogP contribution in [0.4, 0.5) is 5.69 Å². The number of allylic oxidation sites excluding steroid dienone is 1. The molecule has 0 amide bonds. The molecule has 2 aromatic rings. The number of carbonyl (C=O) groups excluding carboxylic acids is 1. The highest BCUT2D eigenvalue weighted by atomic mass is 35.5. The predicted octanol–water partition coefficient (Wildman–Crippen LogP) is 7.89. The third-order valence-corrected chi connectivity index (χ3v) is 18.1. The summed E-state index contributed by atoms with van der Waals surface area (Å²) >= 11 is 6.48. The maximum atomic E-state index is 12.7. The molecule has 50 heavy (non-hydrogen) atoms. The van der Waals surface area contributed by atoms with Crippen LogP contribution in [0, 0.1) is 23.7 Å². The number of hydrogen-bond donors (Lipinski definition) is 1. The van der Waals surface area contributed by atoms with Crippen molar-refractivity contribution >= 4 is 41.6 Å². The minimum Gasteiger partial charge on any atom is -0.490 e. The number of hydrogen-bond acceptors (Lipinski definition) is 7. The van der Waals surface area contributed by atoms with E-state index in [-0.39, 0.29) is 40.1 Å². The first-order chi connectivity index (χ1) is 23.5. The Morgan fingerprint density at radius 1 is 1.14 bits per heavy atom. The largest absolute Gasteiger partial charge is 0.490 e. The normalized spacial score (nSPS) is 27.4. The molecular weight excluding hydrogens is 688 g/mol. The van der Waals surface area contributed by atoms with E-state index in [2.05, 4.69) is 63.0 Å². The van der Waals surface area contributed by atoms with E-state index in [0.29, 0.717) is 24.0 Å². The van der Waals surface area contributed by atoms with Crippen LogP contribution in [-0.2, 0) is 31.0 Å². The Bertz CT molecular complexity index is 1730. The zero-order valence-electron chi connectivity index (χ0n) is 30.5. The monoisotopic (exact) mass is 742 g/mol. The number of aryl methyl sites for hydroxylation is 1. The number of carbonyl (C=O) groups is 1. The van der Waals surface area contributed by atoms with Gasteiger partial charge in [0.15, 0.2) is 8.32 Å². The summed E-state index contributed by atoms with van der Waals surface area (Å²) in [6, 6.07) is 11.9. The standard InChI is InChI=1S/C39H55ClN2O6SSi/c1-38(2,3)50(5,6)48-35(17-12-26-9-10-30(26)23-49(41,44)45)32-15-11-29(32)22-42-24-39(19-7-8-27-20-31(40)14-16-33(27)39)25-47-36-18-13-28(21-34(36)42)37(43)46-4/h12-14,16-18,20-21,26,29-30,32,35H,7-11,15,19,22-25H2,1-6H3,(H2,41,44,45)/b17-12-/t26-,29-,30-,32+,35-,39-/m0/s1. The molecular formula is C39H55ClN2O6SSi. The van der Waals surface area contributed by atoms with Crippen molar-refractivity contribution in [2.24, 2.45) is 28.8 Å². The Balaban J connectivity index is 1.32. The van der Waals surface area contributed by atoms with Gasteiger partial charge in [-0.15, -0.1) is 0 Å². The number of primary sulfonamides is 1. The van der Waals surface area contributed by atoms with Crippen molar-refractivity contribution in [2.45, 2.75) is 95.4 Å². The summed E-state index contributed by atoms with van der Waals surface area (Å²) in [5, 5.41) is 6.23. The predicted molar refractivity (Wildman–Crippen MR) is 203 cm³/mol. The van der Waals surface area contributed by atoms with Crippen molar-refractivity contribution < 1.29 is 27.1 Å². The molecule has 0 aromatic heterocycles. The third-order valence-electron chi connectivity index (χ3n) is 12.5. The Morgan fingerprint density at radius 3 is 2.54 bits per heavy atom. The number of halogens is 1. The van der Waals surface area contributed by atoms with Crippen LogP contribution in [-0.4, -0.2) is 61.4 Å². The maximum Gasteiger partial charge on any atom is 0.337 e. The van der Waals surface area contributed by atoms with Crippen LogP contribution < -0.4 is 14.8 Å². The van der Waals surface area contributed by atoms with Gasteiger partial charge in [0.05, 0.1) is 36.8 Å². The molecule has 0 saturated heterocycles. The molecule has 274 valence electrons. The lowest BCUT2D eigenvalue weighted by molar-refractivity contribution is 0.0519. The highest BCUT2D eigenvalue weighted by Crippen LogP contribution is 2.48. The Morgan fingerprint density at radius 2 is 1.90 bits per heavy atom. The third kappa shape index (κ3) is 7.84. The number of esters is 1. The average molecular weight is 743 g/mol. The highest BCUT2D eigenvalue weighted by Gasteiger charge is 2.47. The second kappa shape index (κ2) is 14.2. The molecule has 1 spiro atoms. The van der Waals surface area contributed by atoms with E-state index < -0.39 is 18.3 Å². The number of benzene rings is 2. The molecule has 2 saturated carbocycles. The summed E-state index contributed by atoms with van der Waals surface area (Å²) in [6.45, 7) is 13.6. The number of anilines is 1. The van der Waals surface area contributed by atoms with Crippen molar-refractivity contribution in [3.8, 4) is 5.75 Å². The number of fused-ring (bicyclic) bond motifs is 3. The Hall–Kier alpha value is -2.37. The number of ether oxygens (including phenoxy) is 2. The van der Waals surface area contributed by atoms with Gasteiger partial charge in [-0.3, -0.25) is 0 Å². The lowest BCUT2D eigenvalue weighted by Crippen LogP contribution is -2.52. The van der Waals surface area contributed by atoms with E-state index in [1.54, 1.807) is 6.07 Å². The van der Waals surface area contributed by atoms with Gasteiger partial charge in [-0.2, -0.15) is 0 Å². The lowest BCUT2D eigenvalue weighted by Gasteiger charge is -2.48. The van der Waals surface area contributed by atoms with Crippen molar-refractivity contribution in [1.29, 1.82) is 0 Å². The highest BCUT2D eigenvalue weighted by molar-refractivity contribution is 7.89. The first-order valence-electron chi connectivity index (χ1n) is 18.2. The number of sulfonamides is 1. The molecule has 6 rings (SSSR count). The van der Waals surface area contributed by atoms with Gasteiger partial charge in [-0.05, 0) is 128 Å². The summed E-state index contributed by atoms with van der Waals surface area (Å²) in [7, 11) is -4.25. The number of nitrogens with zero attached hydrogens (tertiary/aromatic N) is 1. The van der Waals surface area contributed by atoms with E-state index in [1.165, 1.54) is 18.2 Å². The summed E-state index contributed by atoms with van der Waals surface area (Å²) in [4.78, 5) is 15.2. The minimum atomic E-state index is -3.52. The fraction of sp³-hybridized carbons (Fsp3) is 0.615.